The quantitative estimate of drug-likeness (QED) is 0.414. The van der Waals surface area contributed by atoms with Gasteiger partial charge in [0.05, 0.1) is 18.7 Å². The Morgan fingerprint density at radius 1 is 1.21 bits per heavy atom. The normalized spacial score (nSPS) is 10.7. The zero-order chi connectivity index (χ0) is 16.9. The van der Waals surface area contributed by atoms with Gasteiger partial charge in [-0.3, -0.25) is 0 Å². The van der Waals surface area contributed by atoms with E-state index in [1.54, 1.807) is 37.4 Å². The average molecular weight is 319 g/mol. The summed E-state index contributed by atoms with van der Waals surface area (Å²) in [7, 11) is 1.57. The third-order valence-corrected chi connectivity index (χ3v) is 3.33. The van der Waals surface area contributed by atoms with Crippen molar-refractivity contribution in [3.63, 3.8) is 0 Å². The molecule has 0 saturated carbocycles. The predicted octanol–water partition coefficient (Wildman–Crippen LogP) is 3.93. The molecule has 0 N–H and O–H groups in total. The molecular formula is C19H13NO4. The van der Waals surface area contributed by atoms with Crippen molar-refractivity contribution in [1.82, 2.24) is 0 Å². The smallest absolute Gasteiger partial charge is 0.336 e. The highest BCUT2D eigenvalue weighted by atomic mass is 16.5. The molecule has 1 aromatic heterocycles. The van der Waals surface area contributed by atoms with Crippen LogP contribution in [0, 0.1) is 11.3 Å². The number of para-hydroxylation sites is 1. The van der Waals surface area contributed by atoms with E-state index in [-0.39, 0.29) is 0 Å². The standard InChI is InChI=1S/C19H13NO4/c1-22-17-4-2-3-14-11-16(24-19(14)17)9-10-18(21)23-15-7-5-13(12-20)6-8-15/h2-11H,1H3/b10-9+. The number of rotatable bonds is 4. The van der Waals surface area contributed by atoms with E-state index in [1.165, 1.54) is 12.2 Å². The number of nitriles is 1. The first kappa shape index (κ1) is 15.4. The van der Waals surface area contributed by atoms with Gasteiger partial charge in [-0.1, -0.05) is 12.1 Å². The molecule has 0 aliphatic rings. The average Bonchev–Trinajstić information content (AvgIpc) is 3.03. The van der Waals surface area contributed by atoms with E-state index >= 15 is 0 Å². The van der Waals surface area contributed by atoms with Crippen LogP contribution in [-0.4, -0.2) is 13.1 Å². The molecule has 3 aromatic rings. The minimum atomic E-state index is -0.535. The van der Waals surface area contributed by atoms with Gasteiger partial charge in [0.2, 0.25) is 0 Å². The molecule has 0 amide bonds. The number of benzene rings is 2. The number of nitrogens with zero attached hydrogens (tertiary/aromatic N) is 1. The van der Waals surface area contributed by atoms with E-state index in [0.717, 1.165) is 5.39 Å². The molecule has 5 heteroatoms. The van der Waals surface area contributed by atoms with Crippen LogP contribution in [0.5, 0.6) is 11.5 Å². The van der Waals surface area contributed by atoms with Gasteiger partial charge in [-0.15, -0.1) is 0 Å². The van der Waals surface area contributed by atoms with Gasteiger partial charge in [-0.25, -0.2) is 4.79 Å². The predicted molar refractivity (Wildman–Crippen MR) is 88.6 cm³/mol. The van der Waals surface area contributed by atoms with E-state index in [4.69, 9.17) is 19.2 Å². The number of fused-ring (bicyclic) bond motifs is 1. The fraction of sp³-hybridized carbons (Fsp3) is 0.0526. The molecule has 0 fully saturated rings. The van der Waals surface area contributed by atoms with E-state index in [1.807, 2.05) is 24.3 Å². The summed E-state index contributed by atoms with van der Waals surface area (Å²) in [6, 6.07) is 15.7. The number of hydrogen-bond acceptors (Lipinski definition) is 5. The van der Waals surface area contributed by atoms with Crippen LogP contribution >= 0.6 is 0 Å². The lowest BCUT2D eigenvalue weighted by Crippen LogP contribution is -2.03. The van der Waals surface area contributed by atoms with Crippen LogP contribution in [0.15, 0.2) is 59.0 Å². The Balaban J connectivity index is 1.73. The largest absolute Gasteiger partial charge is 0.493 e. The third-order valence-electron chi connectivity index (χ3n) is 3.33. The molecule has 0 saturated heterocycles. The van der Waals surface area contributed by atoms with Gasteiger partial charge < -0.3 is 13.9 Å². The topological polar surface area (TPSA) is 72.5 Å². The Bertz CT molecular complexity index is 946. The molecular weight excluding hydrogens is 306 g/mol. The van der Waals surface area contributed by atoms with Crippen molar-refractivity contribution >= 4 is 23.0 Å². The maximum atomic E-state index is 11.8. The Hall–Kier alpha value is -3.52. The van der Waals surface area contributed by atoms with Crippen molar-refractivity contribution in [2.75, 3.05) is 7.11 Å². The molecule has 0 atom stereocenters. The highest BCUT2D eigenvalue weighted by Gasteiger charge is 2.07. The molecule has 0 aliphatic carbocycles. The maximum absolute atomic E-state index is 11.8. The minimum Gasteiger partial charge on any atom is -0.493 e. The van der Waals surface area contributed by atoms with Gasteiger partial charge in [-0.2, -0.15) is 5.26 Å². The van der Waals surface area contributed by atoms with Crippen LogP contribution in [0.1, 0.15) is 11.3 Å². The zero-order valence-electron chi connectivity index (χ0n) is 12.9. The van der Waals surface area contributed by atoms with Crippen molar-refractivity contribution in [1.29, 1.82) is 5.26 Å². The first-order valence-corrected chi connectivity index (χ1v) is 7.16. The van der Waals surface area contributed by atoms with Crippen LogP contribution in [-0.2, 0) is 4.79 Å². The monoisotopic (exact) mass is 319 g/mol. The number of methoxy groups -OCH3 is 1. The summed E-state index contributed by atoms with van der Waals surface area (Å²) in [4.78, 5) is 11.8. The molecule has 0 bridgehead atoms. The molecule has 0 radical (unpaired) electrons. The van der Waals surface area contributed by atoms with E-state index in [0.29, 0.717) is 28.4 Å². The molecule has 2 aromatic carbocycles. The number of hydrogen-bond donors (Lipinski definition) is 0. The molecule has 5 nitrogen and oxygen atoms in total. The van der Waals surface area contributed by atoms with Crippen molar-refractivity contribution in [3.05, 3.63) is 65.9 Å². The van der Waals surface area contributed by atoms with Crippen LogP contribution in [0.4, 0.5) is 0 Å². The van der Waals surface area contributed by atoms with Crippen LogP contribution in [0.25, 0.3) is 17.0 Å². The van der Waals surface area contributed by atoms with Crippen LogP contribution < -0.4 is 9.47 Å². The van der Waals surface area contributed by atoms with Crippen LogP contribution in [0.2, 0.25) is 0 Å². The molecule has 1 heterocycles. The molecule has 0 unspecified atom stereocenters. The summed E-state index contributed by atoms with van der Waals surface area (Å²) in [5.74, 6) is 0.987. The Morgan fingerprint density at radius 3 is 2.71 bits per heavy atom. The summed E-state index contributed by atoms with van der Waals surface area (Å²) >= 11 is 0. The minimum absolute atomic E-state index is 0.370. The Morgan fingerprint density at radius 2 is 2.00 bits per heavy atom. The Labute approximate surface area is 138 Å². The van der Waals surface area contributed by atoms with Gasteiger partial charge in [0, 0.05) is 11.5 Å². The Kier molecular flexibility index (Phi) is 4.30. The third kappa shape index (κ3) is 3.28. The molecule has 0 aliphatic heterocycles. The first-order chi connectivity index (χ1) is 11.7. The summed E-state index contributed by atoms with van der Waals surface area (Å²) in [5.41, 5.74) is 1.13. The van der Waals surface area contributed by atoms with E-state index < -0.39 is 5.97 Å². The maximum Gasteiger partial charge on any atom is 0.336 e. The van der Waals surface area contributed by atoms with Gasteiger partial charge in [0.1, 0.15) is 11.5 Å². The van der Waals surface area contributed by atoms with Gasteiger partial charge in [0.15, 0.2) is 11.3 Å². The zero-order valence-corrected chi connectivity index (χ0v) is 12.9. The molecule has 118 valence electrons. The van der Waals surface area contributed by atoms with Gasteiger partial charge in [-0.05, 0) is 42.5 Å². The highest BCUT2D eigenvalue weighted by Crippen LogP contribution is 2.28. The highest BCUT2D eigenvalue weighted by molar-refractivity contribution is 5.90. The number of carbonyl (C=O) groups excluding carboxylic acids is 1. The van der Waals surface area contributed by atoms with Crippen molar-refractivity contribution in [2.24, 2.45) is 0 Å². The van der Waals surface area contributed by atoms with Crippen molar-refractivity contribution in [3.8, 4) is 17.6 Å². The van der Waals surface area contributed by atoms with E-state index in [2.05, 4.69) is 0 Å². The molecule has 24 heavy (non-hydrogen) atoms. The lowest BCUT2D eigenvalue weighted by Gasteiger charge is -2.00. The summed E-state index contributed by atoms with van der Waals surface area (Å²) < 4.78 is 16.1. The van der Waals surface area contributed by atoms with Crippen molar-refractivity contribution < 1.29 is 18.7 Å². The second kappa shape index (κ2) is 6.71. The second-order valence-corrected chi connectivity index (χ2v) is 4.92. The summed E-state index contributed by atoms with van der Waals surface area (Å²) in [6.07, 6.45) is 2.81. The number of carbonyl (C=O) groups is 1. The van der Waals surface area contributed by atoms with Gasteiger partial charge >= 0.3 is 5.97 Å². The summed E-state index contributed by atoms with van der Waals surface area (Å²) in [5, 5.41) is 9.61. The fourth-order valence-electron chi connectivity index (χ4n) is 2.20. The lowest BCUT2D eigenvalue weighted by atomic mass is 10.2. The molecule has 3 rings (SSSR count). The fourth-order valence-corrected chi connectivity index (χ4v) is 2.20. The number of ether oxygens (including phenoxy) is 2. The first-order valence-electron chi connectivity index (χ1n) is 7.16. The SMILES string of the molecule is COc1cccc2cc(/C=C/C(=O)Oc3ccc(C#N)cc3)oc12. The second-order valence-electron chi connectivity index (χ2n) is 4.92. The van der Waals surface area contributed by atoms with Crippen molar-refractivity contribution in [2.45, 2.75) is 0 Å². The molecule has 0 spiro atoms. The summed E-state index contributed by atoms with van der Waals surface area (Å²) in [6.45, 7) is 0. The van der Waals surface area contributed by atoms with Crippen LogP contribution in [0.3, 0.4) is 0 Å². The van der Waals surface area contributed by atoms with E-state index in [9.17, 15) is 4.79 Å². The number of esters is 1. The van der Waals surface area contributed by atoms with Gasteiger partial charge in [0.25, 0.3) is 0 Å². The number of furan rings is 1. The lowest BCUT2D eigenvalue weighted by molar-refractivity contribution is -0.128.